The molecule has 0 aliphatic rings. The molecule has 0 unspecified atom stereocenters. The summed E-state index contributed by atoms with van der Waals surface area (Å²) >= 11 is 0. The smallest absolute Gasteiger partial charge is 0.305 e. The zero-order chi connectivity index (χ0) is 15.0. The van der Waals surface area contributed by atoms with Gasteiger partial charge in [0.15, 0.2) is 0 Å². The highest BCUT2D eigenvalue weighted by molar-refractivity contribution is 5.80. The van der Waals surface area contributed by atoms with Crippen LogP contribution in [-0.2, 0) is 20.8 Å². The van der Waals surface area contributed by atoms with Crippen molar-refractivity contribution in [1.82, 2.24) is 4.90 Å². The van der Waals surface area contributed by atoms with Gasteiger partial charge in [0.1, 0.15) is 0 Å². The summed E-state index contributed by atoms with van der Waals surface area (Å²) in [6, 6.07) is 9.04. The molecule has 0 aliphatic carbocycles. The number of rotatable bonds is 8. The fourth-order valence-corrected chi connectivity index (χ4v) is 1.70. The molecule has 0 aromatic heterocycles. The second-order valence-corrected chi connectivity index (χ2v) is 4.33. The van der Waals surface area contributed by atoms with E-state index in [1.807, 2.05) is 6.07 Å². The maximum atomic E-state index is 12.1. The van der Waals surface area contributed by atoms with E-state index in [9.17, 15) is 14.4 Å². The summed E-state index contributed by atoms with van der Waals surface area (Å²) < 4.78 is 0. The SMILES string of the molecule is O=C(O)CCN(CCC(=O)O)C(=O)Cc1ccccc1. The molecule has 0 atom stereocenters. The van der Waals surface area contributed by atoms with Crippen molar-refractivity contribution >= 4 is 17.8 Å². The van der Waals surface area contributed by atoms with Crippen LogP contribution in [0.15, 0.2) is 30.3 Å². The Labute approximate surface area is 116 Å². The van der Waals surface area contributed by atoms with E-state index in [4.69, 9.17) is 10.2 Å². The van der Waals surface area contributed by atoms with E-state index in [2.05, 4.69) is 0 Å². The average molecular weight is 279 g/mol. The largest absolute Gasteiger partial charge is 0.481 e. The van der Waals surface area contributed by atoms with Gasteiger partial charge < -0.3 is 15.1 Å². The van der Waals surface area contributed by atoms with E-state index in [0.717, 1.165) is 5.56 Å². The Morgan fingerprint density at radius 2 is 1.40 bits per heavy atom. The van der Waals surface area contributed by atoms with Crippen molar-refractivity contribution in [2.24, 2.45) is 0 Å². The average Bonchev–Trinajstić information content (AvgIpc) is 2.39. The van der Waals surface area contributed by atoms with Crippen LogP contribution in [0, 0.1) is 0 Å². The zero-order valence-corrected chi connectivity index (χ0v) is 11.0. The molecule has 0 heterocycles. The molecule has 1 aromatic rings. The first-order chi connectivity index (χ1) is 9.49. The van der Waals surface area contributed by atoms with Crippen LogP contribution in [-0.4, -0.2) is 46.0 Å². The van der Waals surface area contributed by atoms with Crippen molar-refractivity contribution in [2.75, 3.05) is 13.1 Å². The van der Waals surface area contributed by atoms with E-state index in [-0.39, 0.29) is 38.3 Å². The maximum Gasteiger partial charge on any atom is 0.305 e. The maximum absolute atomic E-state index is 12.1. The minimum atomic E-state index is -1.02. The van der Waals surface area contributed by atoms with Crippen LogP contribution in [0.2, 0.25) is 0 Å². The van der Waals surface area contributed by atoms with Gasteiger partial charge in [-0.1, -0.05) is 30.3 Å². The van der Waals surface area contributed by atoms with Gasteiger partial charge in [-0.05, 0) is 5.56 Å². The van der Waals surface area contributed by atoms with Gasteiger partial charge in [0.2, 0.25) is 5.91 Å². The Bertz CT molecular complexity index is 454. The second-order valence-electron chi connectivity index (χ2n) is 4.33. The number of carboxylic acids is 2. The molecule has 0 fully saturated rings. The standard InChI is InChI=1S/C14H17NO5/c16-12(10-11-4-2-1-3-5-11)15(8-6-13(17)18)9-7-14(19)20/h1-5H,6-10H2,(H,17,18)(H,19,20). The Hall–Kier alpha value is -2.37. The van der Waals surface area contributed by atoms with Gasteiger partial charge in [-0.2, -0.15) is 0 Å². The van der Waals surface area contributed by atoms with Crippen molar-refractivity contribution < 1.29 is 24.6 Å². The Morgan fingerprint density at radius 3 is 1.85 bits per heavy atom. The molecule has 1 rings (SSSR count). The Kier molecular flexibility index (Phi) is 6.22. The van der Waals surface area contributed by atoms with E-state index in [1.165, 1.54) is 4.90 Å². The van der Waals surface area contributed by atoms with Gasteiger partial charge in [-0.15, -0.1) is 0 Å². The number of nitrogens with zero attached hydrogens (tertiary/aromatic N) is 1. The third kappa shape index (κ3) is 5.99. The van der Waals surface area contributed by atoms with Crippen LogP contribution in [0.5, 0.6) is 0 Å². The van der Waals surface area contributed by atoms with Gasteiger partial charge in [-0.3, -0.25) is 14.4 Å². The molecule has 6 heteroatoms. The van der Waals surface area contributed by atoms with Crippen molar-refractivity contribution in [3.8, 4) is 0 Å². The van der Waals surface area contributed by atoms with Gasteiger partial charge >= 0.3 is 11.9 Å². The highest BCUT2D eigenvalue weighted by atomic mass is 16.4. The molecule has 2 N–H and O–H groups in total. The Morgan fingerprint density at radius 1 is 0.900 bits per heavy atom. The van der Waals surface area contributed by atoms with Gasteiger partial charge in [0, 0.05) is 13.1 Å². The Balaban J connectivity index is 2.62. The van der Waals surface area contributed by atoms with Crippen LogP contribution in [0.25, 0.3) is 0 Å². The number of carbonyl (C=O) groups excluding carboxylic acids is 1. The summed E-state index contributed by atoms with van der Waals surface area (Å²) in [5.41, 5.74) is 0.813. The molecule has 20 heavy (non-hydrogen) atoms. The predicted molar refractivity (Wildman–Crippen MR) is 71.2 cm³/mol. The number of carbonyl (C=O) groups is 3. The lowest BCUT2D eigenvalue weighted by atomic mass is 10.1. The minimum Gasteiger partial charge on any atom is -0.481 e. The van der Waals surface area contributed by atoms with E-state index in [1.54, 1.807) is 24.3 Å². The molecular weight excluding hydrogens is 262 g/mol. The normalized spacial score (nSPS) is 10.0. The molecule has 0 aliphatic heterocycles. The highest BCUT2D eigenvalue weighted by Crippen LogP contribution is 2.05. The molecule has 0 spiro atoms. The van der Waals surface area contributed by atoms with Crippen LogP contribution in [0.3, 0.4) is 0 Å². The topological polar surface area (TPSA) is 94.9 Å². The fraction of sp³-hybridized carbons (Fsp3) is 0.357. The molecular formula is C14H17NO5. The number of hydrogen-bond donors (Lipinski definition) is 2. The second kappa shape index (κ2) is 7.93. The minimum absolute atomic E-state index is 0.0221. The zero-order valence-electron chi connectivity index (χ0n) is 11.0. The molecule has 0 radical (unpaired) electrons. The number of carboxylic acid groups (broad SMARTS) is 2. The van der Waals surface area contributed by atoms with Crippen molar-refractivity contribution in [1.29, 1.82) is 0 Å². The number of hydrogen-bond acceptors (Lipinski definition) is 3. The summed E-state index contributed by atoms with van der Waals surface area (Å²) in [7, 11) is 0. The number of aliphatic carboxylic acids is 2. The first kappa shape index (κ1) is 15.7. The molecule has 108 valence electrons. The van der Waals surface area contributed by atoms with Crippen molar-refractivity contribution in [3.05, 3.63) is 35.9 Å². The summed E-state index contributed by atoms with van der Waals surface area (Å²) in [6.07, 6.45) is -0.250. The monoisotopic (exact) mass is 279 g/mol. The van der Waals surface area contributed by atoms with Gasteiger partial charge in [-0.25, -0.2) is 0 Å². The molecule has 6 nitrogen and oxygen atoms in total. The third-order valence-corrected chi connectivity index (χ3v) is 2.74. The molecule has 1 aromatic carbocycles. The van der Waals surface area contributed by atoms with Crippen molar-refractivity contribution in [3.63, 3.8) is 0 Å². The molecule has 0 saturated carbocycles. The summed E-state index contributed by atoms with van der Waals surface area (Å²) in [4.78, 5) is 34.5. The summed E-state index contributed by atoms with van der Waals surface area (Å²) in [5, 5.41) is 17.3. The summed E-state index contributed by atoms with van der Waals surface area (Å²) in [6.45, 7) is 0.0442. The van der Waals surface area contributed by atoms with Gasteiger partial charge in [0.05, 0.1) is 19.3 Å². The lowest BCUT2D eigenvalue weighted by Crippen LogP contribution is -2.35. The van der Waals surface area contributed by atoms with Crippen LogP contribution in [0.1, 0.15) is 18.4 Å². The first-order valence-corrected chi connectivity index (χ1v) is 6.24. The lowest BCUT2D eigenvalue weighted by molar-refractivity contribution is -0.139. The van der Waals surface area contributed by atoms with E-state index >= 15 is 0 Å². The number of benzene rings is 1. The third-order valence-electron chi connectivity index (χ3n) is 2.74. The molecule has 0 saturated heterocycles. The first-order valence-electron chi connectivity index (χ1n) is 6.24. The van der Waals surface area contributed by atoms with Crippen LogP contribution in [0.4, 0.5) is 0 Å². The quantitative estimate of drug-likeness (QED) is 0.740. The van der Waals surface area contributed by atoms with Crippen LogP contribution >= 0.6 is 0 Å². The molecule has 1 amide bonds. The van der Waals surface area contributed by atoms with Gasteiger partial charge in [0.25, 0.3) is 0 Å². The highest BCUT2D eigenvalue weighted by Gasteiger charge is 2.16. The summed E-state index contributed by atoms with van der Waals surface area (Å²) in [5.74, 6) is -2.30. The lowest BCUT2D eigenvalue weighted by Gasteiger charge is -2.21. The number of amides is 1. The van der Waals surface area contributed by atoms with E-state index in [0.29, 0.717) is 0 Å². The van der Waals surface area contributed by atoms with E-state index < -0.39 is 11.9 Å². The fourth-order valence-electron chi connectivity index (χ4n) is 1.70. The predicted octanol–water partition coefficient (Wildman–Crippen LogP) is 1.01. The van der Waals surface area contributed by atoms with Crippen molar-refractivity contribution in [2.45, 2.75) is 19.3 Å². The van der Waals surface area contributed by atoms with Crippen LogP contribution < -0.4 is 0 Å². The molecule has 0 bridgehead atoms.